The number of nitro benzene ring substituents is 1. The number of nitrogens with one attached hydrogen (secondary N) is 1. The lowest BCUT2D eigenvalue weighted by atomic mass is 10.2. The zero-order valence-electron chi connectivity index (χ0n) is 16.5. The van der Waals surface area contributed by atoms with E-state index >= 15 is 0 Å². The fourth-order valence-electron chi connectivity index (χ4n) is 2.89. The number of halogens is 1. The average molecular weight is 484 g/mol. The summed E-state index contributed by atoms with van der Waals surface area (Å²) in [6.45, 7) is 0.0534. The van der Waals surface area contributed by atoms with Crippen molar-refractivity contribution in [3.8, 4) is 0 Å². The van der Waals surface area contributed by atoms with Crippen molar-refractivity contribution in [3.05, 3.63) is 63.2 Å². The molecule has 1 aliphatic rings. The van der Waals surface area contributed by atoms with Crippen LogP contribution in [0.1, 0.15) is 10.4 Å². The molecule has 1 saturated heterocycles. The molecule has 13 heteroatoms. The predicted octanol–water partition coefficient (Wildman–Crippen LogP) is 2.06. The summed E-state index contributed by atoms with van der Waals surface area (Å²) in [7, 11) is -3.96. The minimum absolute atomic E-state index is 0.0519. The molecule has 170 valence electrons. The van der Waals surface area contributed by atoms with Crippen LogP contribution in [0.4, 0.5) is 11.4 Å². The predicted molar refractivity (Wildman–Crippen MR) is 113 cm³/mol. The molecule has 0 aliphatic carbocycles. The van der Waals surface area contributed by atoms with Gasteiger partial charge in [-0.15, -0.1) is 0 Å². The van der Waals surface area contributed by atoms with Gasteiger partial charge in [0.05, 0.1) is 28.7 Å². The number of ether oxygens (including phenoxy) is 2. The standard InChI is InChI=1S/C19H18ClN3O8S/c20-14-6-5-13(11-17(14)32(28,29)22-7-9-30-10-8-22)19(25)31-12-18(24)21-15-3-1-2-4-16(15)23(26)27/h1-6,11H,7-10,12H2,(H,21,24). The van der Waals surface area contributed by atoms with Crippen LogP contribution in [0.15, 0.2) is 47.4 Å². The maximum absolute atomic E-state index is 12.9. The third-order valence-electron chi connectivity index (χ3n) is 4.46. The van der Waals surface area contributed by atoms with Gasteiger partial charge in [-0.1, -0.05) is 23.7 Å². The average Bonchev–Trinajstić information content (AvgIpc) is 2.78. The molecule has 0 radical (unpaired) electrons. The van der Waals surface area contributed by atoms with Crippen LogP contribution in [0.2, 0.25) is 5.02 Å². The van der Waals surface area contributed by atoms with E-state index in [0.717, 1.165) is 6.07 Å². The zero-order chi connectivity index (χ0) is 23.3. The first-order chi connectivity index (χ1) is 15.2. The number of morpholine rings is 1. The van der Waals surface area contributed by atoms with E-state index in [2.05, 4.69) is 5.32 Å². The van der Waals surface area contributed by atoms with Crippen molar-refractivity contribution in [2.45, 2.75) is 4.90 Å². The third-order valence-corrected chi connectivity index (χ3v) is 6.84. The van der Waals surface area contributed by atoms with Gasteiger partial charge in [-0.25, -0.2) is 13.2 Å². The summed E-state index contributed by atoms with van der Waals surface area (Å²) >= 11 is 6.05. The molecular weight excluding hydrogens is 466 g/mol. The summed E-state index contributed by atoms with van der Waals surface area (Å²) in [5, 5.41) is 13.2. The molecule has 0 saturated carbocycles. The highest BCUT2D eigenvalue weighted by molar-refractivity contribution is 7.89. The number of rotatable bonds is 7. The van der Waals surface area contributed by atoms with Crippen LogP contribution in [0, 0.1) is 10.1 Å². The molecule has 3 rings (SSSR count). The van der Waals surface area contributed by atoms with Gasteiger partial charge >= 0.3 is 5.97 Å². The molecule has 1 N–H and O–H groups in total. The molecule has 1 fully saturated rings. The van der Waals surface area contributed by atoms with Gasteiger partial charge in [0, 0.05) is 19.2 Å². The monoisotopic (exact) mass is 483 g/mol. The third kappa shape index (κ3) is 5.40. The Kier molecular flexibility index (Phi) is 7.40. The van der Waals surface area contributed by atoms with E-state index in [4.69, 9.17) is 21.1 Å². The zero-order valence-corrected chi connectivity index (χ0v) is 18.1. The summed E-state index contributed by atoms with van der Waals surface area (Å²) in [5.74, 6) is -1.76. The Bertz CT molecular complexity index is 1150. The van der Waals surface area contributed by atoms with Crippen LogP contribution in [0.5, 0.6) is 0 Å². The van der Waals surface area contributed by atoms with Gasteiger partial charge < -0.3 is 14.8 Å². The number of nitro groups is 1. The number of benzene rings is 2. The first-order valence-corrected chi connectivity index (χ1v) is 11.1. The normalized spacial score (nSPS) is 14.5. The summed E-state index contributed by atoms with van der Waals surface area (Å²) in [4.78, 5) is 34.5. The Morgan fingerprint density at radius 3 is 2.56 bits per heavy atom. The van der Waals surface area contributed by atoms with Crippen LogP contribution in [-0.2, 0) is 24.3 Å². The van der Waals surface area contributed by atoms with Gasteiger partial charge in [-0.3, -0.25) is 14.9 Å². The molecule has 2 aromatic carbocycles. The lowest BCUT2D eigenvalue weighted by molar-refractivity contribution is -0.383. The maximum Gasteiger partial charge on any atom is 0.338 e. The van der Waals surface area contributed by atoms with Gasteiger partial charge in [-0.2, -0.15) is 4.31 Å². The minimum Gasteiger partial charge on any atom is -0.452 e. The van der Waals surface area contributed by atoms with E-state index in [1.54, 1.807) is 0 Å². The van der Waals surface area contributed by atoms with Gasteiger partial charge in [0.25, 0.3) is 11.6 Å². The largest absolute Gasteiger partial charge is 0.452 e. The molecule has 0 unspecified atom stereocenters. The van der Waals surface area contributed by atoms with E-state index in [1.807, 2.05) is 0 Å². The van der Waals surface area contributed by atoms with Crippen LogP contribution in [-0.4, -0.2) is 62.4 Å². The van der Waals surface area contributed by atoms with Crippen LogP contribution < -0.4 is 5.32 Å². The summed E-state index contributed by atoms with van der Waals surface area (Å²) in [6, 6.07) is 9.08. The Morgan fingerprint density at radius 1 is 1.19 bits per heavy atom. The number of nitrogens with zero attached hydrogens (tertiary/aromatic N) is 2. The van der Waals surface area contributed by atoms with E-state index < -0.39 is 33.4 Å². The summed E-state index contributed by atoms with van der Waals surface area (Å²) < 4.78 is 37.0. The molecule has 1 amide bonds. The Balaban J connectivity index is 1.69. The summed E-state index contributed by atoms with van der Waals surface area (Å²) in [6.07, 6.45) is 0. The molecule has 0 spiro atoms. The van der Waals surface area contributed by atoms with Crippen LogP contribution in [0.25, 0.3) is 0 Å². The number of anilines is 1. The number of carbonyl (C=O) groups excluding carboxylic acids is 2. The van der Waals surface area contributed by atoms with Crippen molar-refractivity contribution < 1.29 is 32.4 Å². The smallest absolute Gasteiger partial charge is 0.338 e. The van der Waals surface area contributed by atoms with E-state index in [0.29, 0.717) is 0 Å². The van der Waals surface area contributed by atoms with Crippen molar-refractivity contribution >= 4 is 44.9 Å². The van der Waals surface area contributed by atoms with Gasteiger partial charge in [0.15, 0.2) is 6.61 Å². The van der Waals surface area contributed by atoms with Crippen LogP contribution in [0.3, 0.4) is 0 Å². The molecular formula is C19H18ClN3O8S. The first kappa shape index (κ1) is 23.6. The van der Waals surface area contributed by atoms with Crippen LogP contribution >= 0.6 is 11.6 Å². The number of hydrogen-bond acceptors (Lipinski definition) is 8. The molecule has 0 aromatic heterocycles. The number of hydrogen-bond donors (Lipinski definition) is 1. The van der Waals surface area contributed by atoms with Crippen molar-refractivity contribution in [1.82, 2.24) is 4.31 Å². The maximum atomic E-state index is 12.9. The van der Waals surface area contributed by atoms with Crippen molar-refractivity contribution in [2.75, 3.05) is 38.2 Å². The lowest BCUT2D eigenvalue weighted by Crippen LogP contribution is -2.40. The van der Waals surface area contributed by atoms with Crippen molar-refractivity contribution in [1.29, 1.82) is 0 Å². The first-order valence-electron chi connectivity index (χ1n) is 9.28. The van der Waals surface area contributed by atoms with Gasteiger partial charge in [0.1, 0.15) is 10.6 Å². The second-order valence-corrected chi connectivity index (χ2v) is 8.87. The lowest BCUT2D eigenvalue weighted by Gasteiger charge is -2.26. The Labute approximate surface area is 188 Å². The molecule has 2 aromatic rings. The quantitative estimate of drug-likeness (QED) is 0.358. The van der Waals surface area contributed by atoms with E-state index in [1.165, 1.54) is 40.7 Å². The van der Waals surface area contributed by atoms with E-state index in [-0.39, 0.29) is 53.2 Å². The fraction of sp³-hybridized carbons (Fsp3) is 0.263. The molecule has 1 heterocycles. The molecule has 0 bridgehead atoms. The number of carbonyl (C=O) groups is 2. The SMILES string of the molecule is O=C(COC(=O)c1ccc(Cl)c(S(=O)(=O)N2CCOCC2)c1)Nc1ccccc1[N+](=O)[O-]. The number of para-hydroxylation sites is 2. The fourth-order valence-corrected chi connectivity index (χ4v) is 4.80. The Morgan fingerprint density at radius 2 is 1.88 bits per heavy atom. The van der Waals surface area contributed by atoms with Crippen molar-refractivity contribution in [3.63, 3.8) is 0 Å². The topological polar surface area (TPSA) is 145 Å². The van der Waals surface area contributed by atoms with Gasteiger partial charge in [0.2, 0.25) is 10.0 Å². The highest BCUT2D eigenvalue weighted by Crippen LogP contribution is 2.27. The molecule has 32 heavy (non-hydrogen) atoms. The summed E-state index contributed by atoms with van der Waals surface area (Å²) in [5.41, 5.74) is -0.494. The highest BCUT2D eigenvalue weighted by Gasteiger charge is 2.29. The number of esters is 1. The molecule has 0 atom stereocenters. The highest BCUT2D eigenvalue weighted by atomic mass is 35.5. The Hall–Kier alpha value is -3.06. The second-order valence-electron chi connectivity index (χ2n) is 6.56. The number of amides is 1. The van der Waals surface area contributed by atoms with E-state index in [9.17, 15) is 28.1 Å². The second kappa shape index (κ2) is 10.0. The van der Waals surface area contributed by atoms with Crippen molar-refractivity contribution in [2.24, 2.45) is 0 Å². The minimum atomic E-state index is -3.96. The number of sulfonamides is 1. The van der Waals surface area contributed by atoms with Gasteiger partial charge in [-0.05, 0) is 24.3 Å². The molecule has 11 nitrogen and oxygen atoms in total. The molecule has 1 aliphatic heterocycles.